The molecule has 5 nitrogen and oxygen atoms in total. The standard InChI is InChI=1S/C24H30O5/c1-7-22(2,3)16-11-14-10-15-12-20-24(6,9-8-19(28-20)23(4,5)26)29-18(15)13-17(14)27-21(16)25/h7,10-11,13,19-20,26H,1,8-9,12H2,2-6H3. The van der Waals surface area contributed by atoms with E-state index in [-0.39, 0.29) is 17.8 Å². The van der Waals surface area contributed by atoms with Crippen LogP contribution in [0.25, 0.3) is 11.0 Å². The fourth-order valence-corrected chi connectivity index (χ4v) is 4.35. The van der Waals surface area contributed by atoms with E-state index in [0.29, 0.717) is 17.6 Å². The lowest BCUT2D eigenvalue weighted by Crippen LogP contribution is -2.58. The molecule has 4 rings (SSSR count). The summed E-state index contributed by atoms with van der Waals surface area (Å²) in [5.74, 6) is 0.737. The first-order chi connectivity index (χ1) is 13.4. The molecule has 29 heavy (non-hydrogen) atoms. The third-order valence-electron chi connectivity index (χ3n) is 6.57. The van der Waals surface area contributed by atoms with Crippen LogP contribution in [0, 0.1) is 0 Å². The summed E-state index contributed by atoms with van der Waals surface area (Å²) in [5.41, 5.74) is -0.0638. The molecule has 5 heteroatoms. The van der Waals surface area contributed by atoms with Crippen LogP contribution in [0.15, 0.2) is 40.1 Å². The van der Waals surface area contributed by atoms with Crippen molar-refractivity contribution in [3.05, 3.63) is 52.4 Å². The van der Waals surface area contributed by atoms with Crippen molar-refractivity contribution in [1.29, 1.82) is 0 Å². The van der Waals surface area contributed by atoms with Crippen LogP contribution >= 0.6 is 0 Å². The predicted molar refractivity (Wildman–Crippen MR) is 113 cm³/mol. The second kappa shape index (κ2) is 6.44. The van der Waals surface area contributed by atoms with Crippen molar-refractivity contribution in [2.45, 2.75) is 82.7 Å². The van der Waals surface area contributed by atoms with E-state index in [1.807, 2.05) is 32.0 Å². The van der Waals surface area contributed by atoms with Gasteiger partial charge in [0.05, 0.1) is 11.7 Å². The second-order valence-electron chi connectivity index (χ2n) is 9.80. The zero-order valence-corrected chi connectivity index (χ0v) is 17.9. The Kier molecular flexibility index (Phi) is 4.48. The van der Waals surface area contributed by atoms with Gasteiger partial charge < -0.3 is 19.0 Å². The molecule has 3 atom stereocenters. The highest BCUT2D eigenvalue weighted by molar-refractivity contribution is 5.80. The first-order valence-electron chi connectivity index (χ1n) is 10.2. The van der Waals surface area contributed by atoms with Crippen molar-refractivity contribution in [1.82, 2.24) is 0 Å². The van der Waals surface area contributed by atoms with E-state index in [1.165, 1.54) is 0 Å². The van der Waals surface area contributed by atoms with Crippen molar-refractivity contribution >= 4 is 11.0 Å². The Bertz CT molecular complexity index is 1030. The number of hydrogen-bond donors (Lipinski definition) is 1. The fraction of sp³-hybridized carbons (Fsp3) is 0.542. The van der Waals surface area contributed by atoms with Gasteiger partial charge in [-0.15, -0.1) is 6.58 Å². The Morgan fingerprint density at radius 1 is 1.24 bits per heavy atom. The van der Waals surface area contributed by atoms with Crippen molar-refractivity contribution in [3.8, 4) is 5.75 Å². The highest BCUT2D eigenvalue weighted by Gasteiger charge is 2.49. The smallest absolute Gasteiger partial charge is 0.340 e. The number of benzene rings is 1. The van der Waals surface area contributed by atoms with E-state index in [2.05, 4.69) is 13.5 Å². The van der Waals surface area contributed by atoms with Gasteiger partial charge in [-0.1, -0.05) is 19.9 Å². The zero-order chi connectivity index (χ0) is 21.2. The molecular weight excluding hydrogens is 368 g/mol. The Morgan fingerprint density at radius 2 is 1.97 bits per heavy atom. The molecule has 0 spiro atoms. The first kappa shape index (κ1) is 20.2. The van der Waals surface area contributed by atoms with Crippen molar-refractivity contribution in [2.75, 3.05) is 0 Å². The Hall–Kier alpha value is -2.11. The van der Waals surface area contributed by atoms with Crippen LogP contribution in [0.4, 0.5) is 0 Å². The maximum atomic E-state index is 12.5. The molecule has 0 aliphatic carbocycles. The lowest BCUT2D eigenvalue weighted by molar-refractivity contribution is -0.206. The molecule has 2 aliphatic rings. The van der Waals surface area contributed by atoms with Crippen LogP contribution in [0.5, 0.6) is 5.75 Å². The van der Waals surface area contributed by atoms with Gasteiger partial charge in [-0.3, -0.25) is 0 Å². The summed E-state index contributed by atoms with van der Waals surface area (Å²) < 4.78 is 18.3. The minimum absolute atomic E-state index is 0.141. The van der Waals surface area contributed by atoms with Gasteiger partial charge in [0, 0.05) is 28.9 Å². The van der Waals surface area contributed by atoms with Gasteiger partial charge in [-0.2, -0.15) is 0 Å². The lowest BCUT2D eigenvalue weighted by Gasteiger charge is -2.49. The van der Waals surface area contributed by atoms with Crippen LogP contribution in [0.1, 0.15) is 58.6 Å². The number of ether oxygens (including phenoxy) is 2. The summed E-state index contributed by atoms with van der Waals surface area (Å²) in [5, 5.41) is 11.3. The molecule has 0 amide bonds. The maximum Gasteiger partial charge on any atom is 0.340 e. The summed E-state index contributed by atoms with van der Waals surface area (Å²) in [6.45, 7) is 13.4. The molecule has 2 aliphatic heterocycles. The molecule has 0 saturated carbocycles. The van der Waals surface area contributed by atoms with E-state index in [1.54, 1.807) is 19.9 Å². The summed E-state index contributed by atoms with van der Waals surface area (Å²) >= 11 is 0. The molecule has 1 saturated heterocycles. The summed E-state index contributed by atoms with van der Waals surface area (Å²) in [4.78, 5) is 12.5. The molecule has 3 unspecified atom stereocenters. The molecule has 0 radical (unpaired) electrons. The Morgan fingerprint density at radius 3 is 2.62 bits per heavy atom. The number of hydrogen-bond acceptors (Lipinski definition) is 5. The van der Waals surface area contributed by atoms with Crippen LogP contribution in [-0.2, 0) is 16.6 Å². The van der Waals surface area contributed by atoms with Gasteiger partial charge >= 0.3 is 5.63 Å². The summed E-state index contributed by atoms with van der Waals surface area (Å²) in [6.07, 6.45) is 3.61. The van der Waals surface area contributed by atoms with Crippen LogP contribution in [0.3, 0.4) is 0 Å². The molecule has 1 aromatic heterocycles. The summed E-state index contributed by atoms with van der Waals surface area (Å²) in [7, 11) is 0. The third kappa shape index (κ3) is 3.40. The van der Waals surface area contributed by atoms with Gasteiger partial charge in [0.25, 0.3) is 0 Å². The van der Waals surface area contributed by atoms with E-state index >= 15 is 0 Å². The number of rotatable bonds is 3. The van der Waals surface area contributed by atoms with Crippen LogP contribution in [0.2, 0.25) is 0 Å². The van der Waals surface area contributed by atoms with Crippen molar-refractivity contribution < 1.29 is 19.0 Å². The average Bonchev–Trinajstić information content (AvgIpc) is 2.62. The van der Waals surface area contributed by atoms with Gasteiger partial charge in [0.2, 0.25) is 0 Å². The average molecular weight is 398 g/mol. The fourth-order valence-electron chi connectivity index (χ4n) is 4.35. The molecular formula is C24H30O5. The number of fused-ring (bicyclic) bond motifs is 3. The zero-order valence-electron chi connectivity index (χ0n) is 17.9. The number of allylic oxidation sites excluding steroid dienone is 1. The van der Waals surface area contributed by atoms with Gasteiger partial charge in [0.15, 0.2) is 0 Å². The normalized spacial score (nSPS) is 27.1. The van der Waals surface area contributed by atoms with Gasteiger partial charge in [-0.05, 0) is 51.3 Å². The monoisotopic (exact) mass is 398 g/mol. The van der Waals surface area contributed by atoms with Crippen LogP contribution < -0.4 is 10.4 Å². The number of aliphatic hydroxyl groups is 1. The molecule has 1 fully saturated rings. The molecule has 3 heterocycles. The van der Waals surface area contributed by atoms with Crippen molar-refractivity contribution in [3.63, 3.8) is 0 Å². The SMILES string of the molecule is C=CC(C)(C)c1cc2cc3c(cc2oc1=O)OC1(C)CCC(C(C)(C)O)OC1C3. The Labute approximate surface area is 171 Å². The maximum absolute atomic E-state index is 12.5. The first-order valence-corrected chi connectivity index (χ1v) is 10.2. The van der Waals surface area contributed by atoms with E-state index < -0.39 is 16.6 Å². The molecule has 2 aromatic rings. The minimum atomic E-state index is -0.889. The van der Waals surface area contributed by atoms with Crippen molar-refractivity contribution in [2.24, 2.45) is 0 Å². The molecule has 1 aromatic carbocycles. The van der Waals surface area contributed by atoms with Gasteiger partial charge in [-0.25, -0.2) is 4.79 Å². The van der Waals surface area contributed by atoms with Crippen LogP contribution in [-0.4, -0.2) is 28.5 Å². The third-order valence-corrected chi connectivity index (χ3v) is 6.57. The Balaban J connectivity index is 1.75. The highest BCUT2D eigenvalue weighted by atomic mass is 16.6. The molecule has 0 bridgehead atoms. The van der Waals surface area contributed by atoms with E-state index in [4.69, 9.17) is 13.9 Å². The highest BCUT2D eigenvalue weighted by Crippen LogP contribution is 2.44. The predicted octanol–water partition coefficient (Wildman–Crippen LogP) is 4.27. The lowest BCUT2D eigenvalue weighted by atomic mass is 9.80. The molecule has 156 valence electrons. The minimum Gasteiger partial charge on any atom is -0.484 e. The van der Waals surface area contributed by atoms with Gasteiger partial charge in [0.1, 0.15) is 23.0 Å². The quantitative estimate of drug-likeness (QED) is 0.618. The molecule has 1 N–H and O–H groups in total. The summed E-state index contributed by atoms with van der Waals surface area (Å²) in [6, 6.07) is 5.73. The second-order valence-corrected chi connectivity index (χ2v) is 9.80. The van der Waals surface area contributed by atoms with E-state index in [0.717, 1.165) is 29.5 Å². The topological polar surface area (TPSA) is 68.9 Å². The van der Waals surface area contributed by atoms with E-state index in [9.17, 15) is 9.90 Å². The largest absolute Gasteiger partial charge is 0.484 e.